The van der Waals surface area contributed by atoms with Gasteiger partial charge in [0.05, 0.1) is 12.1 Å². The van der Waals surface area contributed by atoms with Crippen molar-refractivity contribution < 1.29 is 4.74 Å². The Labute approximate surface area is 146 Å². The first-order chi connectivity index (χ1) is 12.2. The molecule has 0 spiro atoms. The Balaban J connectivity index is 1.63. The summed E-state index contributed by atoms with van der Waals surface area (Å²) in [6, 6.07) is 6.52. The zero-order valence-electron chi connectivity index (χ0n) is 14.7. The Bertz CT molecular complexity index is 877. The summed E-state index contributed by atoms with van der Waals surface area (Å²) in [5.74, 6) is 2.35. The maximum absolute atomic E-state index is 5.95. The quantitative estimate of drug-likeness (QED) is 0.740. The lowest BCUT2D eigenvalue weighted by molar-refractivity contribution is 0.183. The summed E-state index contributed by atoms with van der Waals surface area (Å²) in [5.41, 5.74) is 8.17. The van der Waals surface area contributed by atoms with Gasteiger partial charge in [-0.1, -0.05) is 18.2 Å². The van der Waals surface area contributed by atoms with Crippen molar-refractivity contribution >= 4 is 10.9 Å². The summed E-state index contributed by atoms with van der Waals surface area (Å²) in [4.78, 5) is 0. The fourth-order valence-electron chi connectivity index (χ4n) is 3.53. The van der Waals surface area contributed by atoms with E-state index in [1.54, 1.807) is 7.11 Å². The number of rotatable bonds is 6. The number of methoxy groups -OCH3 is 1. The van der Waals surface area contributed by atoms with Crippen LogP contribution in [0, 0.1) is 6.92 Å². The van der Waals surface area contributed by atoms with Gasteiger partial charge in [-0.2, -0.15) is 5.10 Å². The molecule has 1 aliphatic carbocycles. The molecule has 0 aliphatic heterocycles. The third-order valence-corrected chi connectivity index (χ3v) is 5.00. The molecule has 0 radical (unpaired) electrons. The highest BCUT2D eigenvalue weighted by Crippen LogP contribution is 2.34. The Morgan fingerprint density at radius 1 is 1.28 bits per heavy atom. The molecule has 1 aliphatic rings. The van der Waals surface area contributed by atoms with Crippen molar-refractivity contribution in [1.82, 2.24) is 24.5 Å². The average molecular weight is 340 g/mol. The number of ether oxygens (including phenoxy) is 1. The van der Waals surface area contributed by atoms with Crippen LogP contribution in [0.25, 0.3) is 10.9 Å². The van der Waals surface area contributed by atoms with E-state index in [-0.39, 0.29) is 0 Å². The van der Waals surface area contributed by atoms with Crippen LogP contribution in [0.3, 0.4) is 0 Å². The van der Waals surface area contributed by atoms with Crippen molar-refractivity contribution in [3.63, 3.8) is 0 Å². The van der Waals surface area contributed by atoms with Gasteiger partial charge >= 0.3 is 0 Å². The predicted molar refractivity (Wildman–Crippen MR) is 95.4 cm³/mol. The van der Waals surface area contributed by atoms with Crippen molar-refractivity contribution in [1.29, 1.82) is 0 Å². The third kappa shape index (κ3) is 3.05. The lowest BCUT2D eigenvalue weighted by Gasteiger charge is -2.31. The minimum atomic E-state index is 0.292. The predicted octanol–water partition coefficient (Wildman–Crippen LogP) is 1.84. The second-order valence-corrected chi connectivity index (χ2v) is 6.89. The van der Waals surface area contributed by atoms with Gasteiger partial charge in [0.2, 0.25) is 0 Å². The molecule has 7 heteroatoms. The second kappa shape index (κ2) is 6.57. The second-order valence-electron chi connectivity index (χ2n) is 6.89. The molecule has 4 rings (SSSR count). The summed E-state index contributed by atoms with van der Waals surface area (Å²) in [6.45, 7) is 4.07. The molecular weight excluding hydrogens is 316 g/mol. The van der Waals surface area contributed by atoms with E-state index in [2.05, 4.69) is 46.1 Å². The molecule has 0 atom stereocenters. The molecule has 25 heavy (non-hydrogen) atoms. The molecule has 1 aromatic carbocycles. The summed E-state index contributed by atoms with van der Waals surface area (Å²) < 4.78 is 9.39. The van der Waals surface area contributed by atoms with Crippen molar-refractivity contribution in [2.45, 2.75) is 44.8 Å². The highest BCUT2D eigenvalue weighted by atomic mass is 16.5. The first-order valence-electron chi connectivity index (χ1n) is 8.75. The Morgan fingerprint density at radius 2 is 2.12 bits per heavy atom. The average Bonchev–Trinajstić information content (AvgIpc) is 3.15. The normalized spacial score (nSPS) is 20.1. The van der Waals surface area contributed by atoms with Gasteiger partial charge in [-0.25, -0.2) is 0 Å². The van der Waals surface area contributed by atoms with Crippen LogP contribution in [-0.2, 0) is 17.8 Å². The number of benzene rings is 1. The monoisotopic (exact) mass is 340 g/mol. The molecule has 0 bridgehead atoms. The molecule has 0 unspecified atom stereocenters. The lowest BCUT2D eigenvalue weighted by Crippen LogP contribution is -2.36. The van der Waals surface area contributed by atoms with Crippen molar-refractivity contribution in [3.8, 4) is 0 Å². The minimum absolute atomic E-state index is 0.292. The molecule has 2 heterocycles. The molecule has 0 saturated heterocycles. The molecule has 1 fully saturated rings. The fraction of sp³-hybridized carbons (Fsp3) is 0.500. The van der Waals surface area contributed by atoms with E-state index >= 15 is 0 Å². The number of hydrogen-bond donors (Lipinski definition) is 1. The van der Waals surface area contributed by atoms with Crippen LogP contribution in [0.2, 0.25) is 0 Å². The van der Waals surface area contributed by atoms with Gasteiger partial charge in [0.1, 0.15) is 12.4 Å². The van der Waals surface area contributed by atoms with Gasteiger partial charge in [0, 0.05) is 37.2 Å². The number of hydrogen-bond acceptors (Lipinski definition) is 5. The number of nitrogens with two attached hydrogens (primary N) is 1. The molecule has 2 aromatic heterocycles. The van der Waals surface area contributed by atoms with E-state index in [0.717, 1.165) is 41.9 Å². The number of nitrogens with zero attached hydrogens (tertiary/aromatic N) is 5. The number of aromatic nitrogens is 5. The van der Waals surface area contributed by atoms with Gasteiger partial charge < -0.3 is 15.0 Å². The summed E-state index contributed by atoms with van der Waals surface area (Å²) in [5, 5.41) is 14.8. The van der Waals surface area contributed by atoms with Crippen LogP contribution in [0.15, 0.2) is 24.4 Å². The van der Waals surface area contributed by atoms with Gasteiger partial charge in [-0.3, -0.25) is 4.68 Å². The fourth-order valence-corrected chi connectivity index (χ4v) is 3.53. The summed E-state index contributed by atoms with van der Waals surface area (Å²) in [7, 11) is 1.71. The van der Waals surface area contributed by atoms with E-state index in [1.807, 2.05) is 4.68 Å². The van der Waals surface area contributed by atoms with Crippen molar-refractivity contribution in [3.05, 3.63) is 41.6 Å². The molecule has 3 aromatic rings. The van der Waals surface area contributed by atoms with Crippen LogP contribution >= 0.6 is 0 Å². The first-order valence-corrected chi connectivity index (χ1v) is 8.75. The molecule has 7 nitrogen and oxygen atoms in total. The zero-order chi connectivity index (χ0) is 17.4. The lowest BCUT2D eigenvalue weighted by atomic mass is 9.80. The molecule has 1 saturated carbocycles. The van der Waals surface area contributed by atoms with E-state index in [4.69, 9.17) is 15.6 Å². The highest BCUT2D eigenvalue weighted by molar-refractivity contribution is 5.81. The van der Waals surface area contributed by atoms with Gasteiger partial charge in [-0.15, -0.1) is 10.2 Å². The maximum atomic E-state index is 5.95. The SMILES string of the molecule is COCCn1c(Cn2cc3cccc(C)c3n2)nnc1C1CC(N)C1. The standard InChI is InChI=1S/C18H24N6O/c1-12-4-3-5-13-10-23(22-17(12)13)11-16-20-21-18(14-8-15(19)9-14)24(16)6-7-25-2/h3-5,10,14-15H,6-9,11,19H2,1-2H3. The maximum Gasteiger partial charge on any atom is 0.154 e. The van der Waals surface area contributed by atoms with E-state index in [1.165, 1.54) is 5.56 Å². The Kier molecular flexibility index (Phi) is 4.27. The Morgan fingerprint density at radius 3 is 2.84 bits per heavy atom. The van der Waals surface area contributed by atoms with Gasteiger partial charge in [0.15, 0.2) is 5.82 Å². The molecule has 0 amide bonds. The van der Waals surface area contributed by atoms with E-state index in [0.29, 0.717) is 25.1 Å². The highest BCUT2D eigenvalue weighted by Gasteiger charge is 2.32. The van der Waals surface area contributed by atoms with E-state index < -0.39 is 0 Å². The zero-order valence-corrected chi connectivity index (χ0v) is 14.7. The van der Waals surface area contributed by atoms with Crippen LogP contribution in [0.5, 0.6) is 0 Å². The van der Waals surface area contributed by atoms with Crippen molar-refractivity contribution in [2.24, 2.45) is 5.73 Å². The van der Waals surface area contributed by atoms with E-state index in [9.17, 15) is 0 Å². The van der Waals surface area contributed by atoms with Crippen LogP contribution in [0.4, 0.5) is 0 Å². The van der Waals surface area contributed by atoms with Crippen molar-refractivity contribution in [2.75, 3.05) is 13.7 Å². The topological polar surface area (TPSA) is 83.8 Å². The number of aryl methyl sites for hydroxylation is 1. The summed E-state index contributed by atoms with van der Waals surface area (Å²) >= 11 is 0. The third-order valence-electron chi connectivity index (χ3n) is 5.00. The number of fused-ring (bicyclic) bond motifs is 1. The first kappa shape index (κ1) is 16.2. The largest absolute Gasteiger partial charge is 0.383 e. The molecular formula is C18H24N6O. The van der Waals surface area contributed by atoms with Gasteiger partial charge in [-0.05, 0) is 25.3 Å². The minimum Gasteiger partial charge on any atom is -0.383 e. The van der Waals surface area contributed by atoms with Crippen LogP contribution in [-0.4, -0.2) is 44.3 Å². The van der Waals surface area contributed by atoms with Crippen LogP contribution in [0.1, 0.15) is 36.0 Å². The van der Waals surface area contributed by atoms with Gasteiger partial charge in [0.25, 0.3) is 0 Å². The summed E-state index contributed by atoms with van der Waals surface area (Å²) in [6.07, 6.45) is 4.03. The molecule has 132 valence electrons. The van der Waals surface area contributed by atoms with Crippen LogP contribution < -0.4 is 5.73 Å². The smallest absolute Gasteiger partial charge is 0.154 e. The Hall–Kier alpha value is -2.25. The molecule has 2 N–H and O–H groups in total.